The Morgan fingerprint density at radius 2 is 1.50 bits per heavy atom. The standard InChI is InChI=1S/C6H11O3P/c1-3-5-8-10(7)9-6-4-2/h3-6,10H,1-2H3. The molecule has 0 aliphatic carbocycles. The molecule has 0 fully saturated rings. The Morgan fingerprint density at radius 1 is 1.10 bits per heavy atom. The Morgan fingerprint density at radius 3 is 1.80 bits per heavy atom. The Kier molecular flexibility index (Phi) is 5.99. The van der Waals surface area contributed by atoms with E-state index in [4.69, 9.17) is 0 Å². The van der Waals surface area contributed by atoms with Gasteiger partial charge in [-0.05, 0) is 13.8 Å². The fourth-order valence-corrected chi connectivity index (χ4v) is 0.825. The maximum atomic E-state index is 10.6. The molecule has 0 amide bonds. The van der Waals surface area contributed by atoms with E-state index in [1.54, 1.807) is 26.0 Å². The average Bonchev–Trinajstić information content (AvgIpc) is 1.97. The molecule has 0 aromatic rings. The van der Waals surface area contributed by atoms with Crippen molar-refractivity contribution in [2.45, 2.75) is 13.8 Å². The van der Waals surface area contributed by atoms with E-state index in [-0.39, 0.29) is 0 Å². The Labute approximate surface area is 61.3 Å². The second-order valence-electron chi connectivity index (χ2n) is 1.42. The van der Waals surface area contributed by atoms with E-state index in [2.05, 4.69) is 9.05 Å². The summed E-state index contributed by atoms with van der Waals surface area (Å²) in [5, 5.41) is 0. The molecule has 0 bridgehead atoms. The molecule has 0 saturated carbocycles. The molecule has 0 aromatic heterocycles. The van der Waals surface area contributed by atoms with Crippen LogP contribution in [-0.4, -0.2) is 0 Å². The van der Waals surface area contributed by atoms with Crippen LogP contribution in [0.15, 0.2) is 24.7 Å². The molecule has 58 valence electrons. The summed E-state index contributed by atoms with van der Waals surface area (Å²) < 4.78 is 19.8. The van der Waals surface area contributed by atoms with Gasteiger partial charge in [-0.1, -0.05) is 12.2 Å². The predicted molar refractivity (Wildman–Crippen MR) is 40.8 cm³/mol. The summed E-state index contributed by atoms with van der Waals surface area (Å²) in [6, 6.07) is 0. The molecule has 0 heterocycles. The number of allylic oxidation sites excluding steroid dienone is 2. The highest BCUT2D eigenvalue weighted by atomic mass is 31.1. The summed E-state index contributed by atoms with van der Waals surface area (Å²) in [7, 11) is -2.34. The van der Waals surface area contributed by atoms with Crippen LogP contribution in [0.25, 0.3) is 0 Å². The molecule has 0 aliphatic heterocycles. The molecular weight excluding hydrogens is 151 g/mol. The van der Waals surface area contributed by atoms with Gasteiger partial charge in [0.15, 0.2) is 0 Å². The normalized spacial score (nSPS) is 14.2. The van der Waals surface area contributed by atoms with Gasteiger partial charge in [0.05, 0.1) is 12.5 Å². The lowest BCUT2D eigenvalue weighted by Gasteiger charge is -1.97. The van der Waals surface area contributed by atoms with Crippen LogP contribution in [0.3, 0.4) is 0 Å². The van der Waals surface area contributed by atoms with Gasteiger partial charge < -0.3 is 9.05 Å². The second kappa shape index (κ2) is 6.43. The van der Waals surface area contributed by atoms with Crippen LogP contribution in [0.1, 0.15) is 13.8 Å². The third-order valence-electron chi connectivity index (χ3n) is 0.601. The Hall–Kier alpha value is -0.690. The smallest absolute Gasteiger partial charge is 0.417 e. The van der Waals surface area contributed by atoms with Crippen LogP contribution in [0.5, 0.6) is 0 Å². The first-order valence-corrected chi connectivity index (χ1v) is 4.13. The van der Waals surface area contributed by atoms with Crippen LogP contribution in [-0.2, 0) is 13.6 Å². The second-order valence-corrected chi connectivity index (χ2v) is 2.40. The lowest BCUT2D eigenvalue weighted by atomic mass is 10.8. The van der Waals surface area contributed by atoms with Crippen molar-refractivity contribution in [2.24, 2.45) is 0 Å². The van der Waals surface area contributed by atoms with E-state index >= 15 is 0 Å². The lowest BCUT2D eigenvalue weighted by molar-refractivity contribution is 0.355. The van der Waals surface area contributed by atoms with Gasteiger partial charge >= 0.3 is 8.25 Å². The van der Waals surface area contributed by atoms with Crippen LogP contribution in [0.4, 0.5) is 0 Å². The van der Waals surface area contributed by atoms with Crippen molar-refractivity contribution in [1.82, 2.24) is 0 Å². The lowest BCUT2D eigenvalue weighted by Crippen LogP contribution is -1.67. The fourth-order valence-electron chi connectivity index (χ4n) is 0.275. The minimum Gasteiger partial charge on any atom is -0.426 e. The zero-order chi connectivity index (χ0) is 7.82. The summed E-state index contributed by atoms with van der Waals surface area (Å²) in [5.41, 5.74) is 0. The van der Waals surface area contributed by atoms with E-state index in [0.29, 0.717) is 0 Å². The van der Waals surface area contributed by atoms with Gasteiger partial charge in [-0.15, -0.1) is 0 Å². The van der Waals surface area contributed by atoms with Crippen LogP contribution >= 0.6 is 8.25 Å². The molecule has 3 nitrogen and oxygen atoms in total. The molecule has 0 N–H and O–H groups in total. The van der Waals surface area contributed by atoms with E-state index in [9.17, 15) is 4.57 Å². The minimum absolute atomic E-state index is 1.34. The van der Waals surface area contributed by atoms with E-state index in [1.807, 2.05) is 0 Å². The first-order valence-electron chi connectivity index (χ1n) is 2.91. The van der Waals surface area contributed by atoms with E-state index < -0.39 is 8.25 Å². The summed E-state index contributed by atoms with van der Waals surface area (Å²) >= 11 is 0. The monoisotopic (exact) mass is 162 g/mol. The van der Waals surface area contributed by atoms with Gasteiger partial charge in [-0.25, -0.2) is 4.57 Å². The molecule has 0 aliphatic rings. The van der Waals surface area contributed by atoms with E-state index in [0.717, 1.165) is 0 Å². The van der Waals surface area contributed by atoms with Gasteiger partial charge in [0.1, 0.15) is 0 Å². The van der Waals surface area contributed by atoms with Crippen LogP contribution in [0, 0.1) is 0 Å². The summed E-state index contributed by atoms with van der Waals surface area (Å²) in [6.07, 6.45) is 5.96. The number of hydrogen-bond acceptors (Lipinski definition) is 3. The van der Waals surface area contributed by atoms with Crippen molar-refractivity contribution in [3.05, 3.63) is 24.7 Å². The molecular formula is C6H11O3P. The van der Waals surface area contributed by atoms with Crippen molar-refractivity contribution in [1.29, 1.82) is 0 Å². The number of rotatable bonds is 4. The highest BCUT2D eigenvalue weighted by molar-refractivity contribution is 7.33. The zero-order valence-corrected chi connectivity index (χ0v) is 7.03. The van der Waals surface area contributed by atoms with Gasteiger partial charge in [-0.3, -0.25) is 0 Å². The van der Waals surface area contributed by atoms with Gasteiger partial charge in [-0.2, -0.15) is 0 Å². The first kappa shape index (κ1) is 9.31. The molecule has 0 atom stereocenters. The molecule has 4 heteroatoms. The first-order chi connectivity index (χ1) is 4.81. The quantitative estimate of drug-likeness (QED) is 0.470. The van der Waals surface area contributed by atoms with Gasteiger partial charge in [0.2, 0.25) is 0 Å². The van der Waals surface area contributed by atoms with Crippen molar-refractivity contribution in [3.8, 4) is 0 Å². The minimum atomic E-state index is -2.34. The van der Waals surface area contributed by atoms with Crippen molar-refractivity contribution < 1.29 is 13.6 Å². The maximum Gasteiger partial charge on any atom is 0.417 e. The SMILES string of the molecule is CC=CO[PH](=O)OC=CC. The van der Waals surface area contributed by atoms with Crippen molar-refractivity contribution >= 4 is 8.25 Å². The molecule has 0 unspecified atom stereocenters. The third kappa shape index (κ3) is 5.45. The average molecular weight is 162 g/mol. The molecule has 0 rings (SSSR count). The zero-order valence-electron chi connectivity index (χ0n) is 6.03. The largest absolute Gasteiger partial charge is 0.426 e. The highest BCUT2D eigenvalue weighted by Gasteiger charge is 1.89. The highest BCUT2D eigenvalue weighted by Crippen LogP contribution is 2.23. The Bertz CT molecular complexity index is 135. The van der Waals surface area contributed by atoms with Crippen LogP contribution in [0.2, 0.25) is 0 Å². The van der Waals surface area contributed by atoms with E-state index in [1.165, 1.54) is 12.5 Å². The van der Waals surface area contributed by atoms with Crippen LogP contribution < -0.4 is 0 Å². The van der Waals surface area contributed by atoms with Crippen molar-refractivity contribution in [2.75, 3.05) is 0 Å². The summed E-state index contributed by atoms with van der Waals surface area (Å²) in [6.45, 7) is 3.54. The molecule has 0 aromatic carbocycles. The maximum absolute atomic E-state index is 10.6. The number of hydrogen-bond donors (Lipinski definition) is 0. The predicted octanol–water partition coefficient (Wildman–Crippen LogP) is 2.48. The Balaban J connectivity index is 3.44. The van der Waals surface area contributed by atoms with Gasteiger partial charge in [0, 0.05) is 0 Å². The molecule has 0 radical (unpaired) electrons. The topological polar surface area (TPSA) is 35.5 Å². The van der Waals surface area contributed by atoms with Crippen molar-refractivity contribution in [3.63, 3.8) is 0 Å². The summed E-state index contributed by atoms with van der Waals surface area (Å²) in [5.74, 6) is 0. The third-order valence-corrected chi connectivity index (χ3v) is 1.26. The molecule has 0 saturated heterocycles. The fraction of sp³-hybridized carbons (Fsp3) is 0.333. The molecule has 10 heavy (non-hydrogen) atoms. The molecule has 0 spiro atoms. The van der Waals surface area contributed by atoms with Gasteiger partial charge in [0.25, 0.3) is 0 Å². The summed E-state index contributed by atoms with van der Waals surface area (Å²) in [4.78, 5) is 0.